The molecule has 0 unspecified atom stereocenters. The lowest BCUT2D eigenvalue weighted by Gasteiger charge is -2.10. The molecular weight excluding hydrogens is 170 g/mol. The molecular formula is C8H11N3O2. The molecule has 0 aliphatic heterocycles. The second kappa shape index (κ2) is 3.86. The Labute approximate surface area is 75.3 Å². The Hall–Kier alpha value is -1.62. The molecule has 2 N–H and O–H groups in total. The van der Waals surface area contributed by atoms with Gasteiger partial charge < -0.3 is 4.98 Å². The highest BCUT2D eigenvalue weighted by Gasteiger charge is 2.05. The van der Waals surface area contributed by atoms with Crippen LogP contribution in [0.5, 0.6) is 0 Å². The number of nitrogens with zero attached hydrogens (tertiary/aromatic N) is 1. The summed E-state index contributed by atoms with van der Waals surface area (Å²) < 4.78 is 0. The molecule has 0 atom stereocenters. The number of hydrazine groups is 1. The van der Waals surface area contributed by atoms with Crippen molar-refractivity contribution in [1.29, 1.82) is 0 Å². The van der Waals surface area contributed by atoms with E-state index in [9.17, 15) is 9.59 Å². The second-order valence-electron chi connectivity index (χ2n) is 2.78. The molecule has 0 saturated carbocycles. The van der Waals surface area contributed by atoms with Crippen LogP contribution in [0, 0.1) is 0 Å². The van der Waals surface area contributed by atoms with Crippen LogP contribution < -0.4 is 11.0 Å². The third kappa shape index (κ3) is 2.72. The van der Waals surface area contributed by atoms with Gasteiger partial charge in [-0.1, -0.05) is 0 Å². The molecule has 5 nitrogen and oxygen atoms in total. The van der Waals surface area contributed by atoms with Gasteiger partial charge in [0.1, 0.15) is 0 Å². The summed E-state index contributed by atoms with van der Waals surface area (Å²) in [6.07, 6.45) is 1.44. The van der Waals surface area contributed by atoms with Crippen LogP contribution >= 0.6 is 0 Å². The molecule has 1 aromatic rings. The molecule has 13 heavy (non-hydrogen) atoms. The van der Waals surface area contributed by atoms with Crippen molar-refractivity contribution >= 4 is 5.91 Å². The predicted molar refractivity (Wildman–Crippen MR) is 48.2 cm³/mol. The van der Waals surface area contributed by atoms with Gasteiger partial charge in [0.05, 0.1) is 0 Å². The zero-order valence-corrected chi connectivity index (χ0v) is 7.50. The number of hydrogen-bond acceptors (Lipinski definition) is 3. The second-order valence-corrected chi connectivity index (χ2v) is 2.78. The van der Waals surface area contributed by atoms with E-state index in [1.807, 2.05) is 0 Å². The lowest BCUT2D eigenvalue weighted by molar-refractivity contribution is 0.0856. The van der Waals surface area contributed by atoms with Crippen molar-refractivity contribution in [2.75, 3.05) is 14.1 Å². The molecule has 0 aromatic carbocycles. The Morgan fingerprint density at radius 3 is 2.77 bits per heavy atom. The van der Waals surface area contributed by atoms with Crippen LogP contribution in [-0.2, 0) is 0 Å². The van der Waals surface area contributed by atoms with E-state index in [0.717, 1.165) is 0 Å². The fourth-order valence-electron chi connectivity index (χ4n) is 0.853. The number of hydrogen-bond donors (Lipinski definition) is 2. The van der Waals surface area contributed by atoms with Crippen molar-refractivity contribution in [3.05, 3.63) is 34.2 Å². The summed E-state index contributed by atoms with van der Waals surface area (Å²) >= 11 is 0. The fraction of sp³-hybridized carbons (Fsp3) is 0.250. The summed E-state index contributed by atoms with van der Waals surface area (Å²) in [5.74, 6) is -0.295. The number of rotatable bonds is 2. The minimum Gasteiger partial charge on any atom is -0.329 e. The summed E-state index contributed by atoms with van der Waals surface area (Å²) in [4.78, 5) is 24.6. The van der Waals surface area contributed by atoms with Crippen LogP contribution in [0.4, 0.5) is 0 Å². The van der Waals surface area contributed by atoms with Crippen LogP contribution in [0.1, 0.15) is 10.4 Å². The van der Waals surface area contributed by atoms with Gasteiger partial charge in [0, 0.05) is 31.9 Å². The lowest BCUT2D eigenvalue weighted by Crippen LogP contribution is -2.36. The SMILES string of the molecule is CN(C)NC(=O)c1cc[nH]c(=O)c1. The summed E-state index contributed by atoms with van der Waals surface area (Å²) in [6, 6.07) is 2.79. The molecule has 0 fully saturated rings. The molecule has 1 rings (SSSR count). The van der Waals surface area contributed by atoms with Crippen molar-refractivity contribution in [1.82, 2.24) is 15.4 Å². The highest BCUT2D eigenvalue weighted by Crippen LogP contribution is 1.91. The molecule has 1 amide bonds. The van der Waals surface area contributed by atoms with Crippen LogP contribution in [0.25, 0.3) is 0 Å². The van der Waals surface area contributed by atoms with Gasteiger partial charge in [0.25, 0.3) is 5.91 Å². The standard InChI is InChI=1S/C8H11N3O2/c1-11(2)10-8(13)6-3-4-9-7(12)5-6/h3-5H,1-2H3,(H,9,12)(H,10,13). The number of carbonyl (C=O) groups excluding carboxylic acids is 1. The fourth-order valence-corrected chi connectivity index (χ4v) is 0.853. The normalized spacial score (nSPS) is 10.1. The average Bonchev–Trinajstić information content (AvgIpc) is 2.03. The number of amides is 1. The number of pyridine rings is 1. The Morgan fingerprint density at radius 2 is 2.23 bits per heavy atom. The van der Waals surface area contributed by atoms with Gasteiger partial charge in [-0.2, -0.15) is 0 Å². The first-order chi connectivity index (χ1) is 6.09. The van der Waals surface area contributed by atoms with Gasteiger partial charge in [0.2, 0.25) is 5.56 Å². The summed E-state index contributed by atoms with van der Waals surface area (Å²) in [5, 5.41) is 1.52. The van der Waals surface area contributed by atoms with Crippen LogP contribution in [-0.4, -0.2) is 30.0 Å². The lowest BCUT2D eigenvalue weighted by atomic mass is 10.2. The van der Waals surface area contributed by atoms with Crippen LogP contribution in [0.15, 0.2) is 23.1 Å². The number of nitrogens with one attached hydrogen (secondary N) is 2. The van der Waals surface area contributed by atoms with Crippen molar-refractivity contribution in [3.63, 3.8) is 0 Å². The van der Waals surface area contributed by atoms with E-state index in [1.54, 1.807) is 20.2 Å². The molecule has 0 radical (unpaired) electrons. The molecule has 0 aliphatic carbocycles. The van der Waals surface area contributed by atoms with E-state index in [1.165, 1.54) is 17.3 Å². The van der Waals surface area contributed by atoms with E-state index >= 15 is 0 Å². The highest BCUT2D eigenvalue weighted by molar-refractivity contribution is 5.93. The van der Waals surface area contributed by atoms with Crippen molar-refractivity contribution in [2.24, 2.45) is 0 Å². The van der Waals surface area contributed by atoms with Gasteiger partial charge in [-0.15, -0.1) is 0 Å². The first-order valence-corrected chi connectivity index (χ1v) is 3.76. The summed E-state index contributed by atoms with van der Waals surface area (Å²) in [5.41, 5.74) is 2.59. The average molecular weight is 181 g/mol. The van der Waals surface area contributed by atoms with Gasteiger partial charge in [-0.3, -0.25) is 15.0 Å². The molecule has 1 aromatic heterocycles. The molecule has 0 saturated heterocycles. The number of aromatic amines is 1. The molecule has 70 valence electrons. The third-order valence-electron chi connectivity index (χ3n) is 1.36. The van der Waals surface area contributed by atoms with Crippen molar-refractivity contribution in [3.8, 4) is 0 Å². The van der Waals surface area contributed by atoms with E-state index < -0.39 is 0 Å². The monoisotopic (exact) mass is 181 g/mol. The number of aromatic nitrogens is 1. The van der Waals surface area contributed by atoms with E-state index in [0.29, 0.717) is 5.56 Å². The number of H-pyrrole nitrogens is 1. The van der Waals surface area contributed by atoms with Gasteiger partial charge >= 0.3 is 0 Å². The van der Waals surface area contributed by atoms with Crippen molar-refractivity contribution < 1.29 is 4.79 Å². The van der Waals surface area contributed by atoms with Gasteiger partial charge in [0.15, 0.2) is 0 Å². The molecule has 0 bridgehead atoms. The van der Waals surface area contributed by atoms with E-state index in [-0.39, 0.29) is 11.5 Å². The maximum Gasteiger partial charge on any atom is 0.265 e. The summed E-state index contributed by atoms with van der Waals surface area (Å²) in [7, 11) is 3.40. The first kappa shape index (κ1) is 9.47. The molecule has 0 spiro atoms. The maximum atomic E-state index is 11.3. The smallest absolute Gasteiger partial charge is 0.265 e. The number of carbonyl (C=O) groups is 1. The largest absolute Gasteiger partial charge is 0.329 e. The highest BCUT2D eigenvalue weighted by atomic mass is 16.2. The van der Waals surface area contributed by atoms with Crippen LogP contribution in [0.3, 0.4) is 0 Å². The molecule has 1 heterocycles. The molecule has 0 aliphatic rings. The Kier molecular flexibility index (Phi) is 2.81. The third-order valence-corrected chi connectivity index (χ3v) is 1.36. The first-order valence-electron chi connectivity index (χ1n) is 3.76. The Balaban J connectivity index is 2.83. The van der Waals surface area contributed by atoms with E-state index in [2.05, 4.69) is 10.4 Å². The summed E-state index contributed by atoms with van der Waals surface area (Å²) in [6.45, 7) is 0. The minimum absolute atomic E-state index is 0.286. The minimum atomic E-state index is -0.295. The Bertz CT molecular complexity index is 356. The van der Waals surface area contributed by atoms with Crippen LogP contribution in [0.2, 0.25) is 0 Å². The quantitative estimate of drug-likeness (QED) is 0.609. The topological polar surface area (TPSA) is 65.2 Å². The predicted octanol–water partition coefficient (Wildman–Crippen LogP) is -0.419. The van der Waals surface area contributed by atoms with Gasteiger partial charge in [-0.05, 0) is 6.07 Å². The maximum absolute atomic E-state index is 11.3. The van der Waals surface area contributed by atoms with E-state index in [4.69, 9.17) is 0 Å². The van der Waals surface area contributed by atoms with Crippen molar-refractivity contribution in [2.45, 2.75) is 0 Å². The molecule has 5 heteroatoms. The zero-order valence-electron chi connectivity index (χ0n) is 7.50. The zero-order chi connectivity index (χ0) is 9.84. The van der Waals surface area contributed by atoms with Gasteiger partial charge in [-0.25, -0.2) is 5.01 Å². The Morgan fingerprint density at radius 1 is 1.54 bits per heavy atom.